The van der Waals surface area contributed by atoms with Crippen LogP contribution in [0.3, 0.4) is 0 Å². The van der Waals surface area contributed by atoms with Crippen LogP contribution < -0.4 is 9.64 Å². The molecule has 5 heteroatoms. The van der Waals surface area contributed by atoms with Crippen molar-refractivity contribution in [3.8, 4) is 17.1 Å². The van der Waals surface area contributed by atoms with Crippen LogP contribution in [0.15, 0.2) is 47.1 Å². The average Bonchev–Trinajstić information content (AvgIpc) is 2.80. The second-order valence-corrected chi connectivity index (χ2v) is 4.08. The molecule has 0 fully saturated rings. The molecule has 0 aliphatic heterocycles. The van der Waals surface area contributed by atoms with Gasteiger partial charge in [-0.15, -0.1) is 0 Å². The Morgan fingerprint density at radius 1 is 1.21 bits per heavy atom. The van der Waals surface area contributed by atoms with Crippen molar-refractivity contribution in [1.29, 1.82) is 0 Å². The van der Waals surface area contributed by atoms with Crippen molar-refractivity contribution in [2.75, 3.05) is 6.61 Å². The van der Waals surface area contributed by atoms with Crippen LogP contribution in [0.4, 0.5) is 0 Å². The maximum Gasteiger partial charge on any atom is 0.402 e. The lowest BCUT2D eigenvalue weighted by Crippen LogP contribution is -2.25. The molecule has 3 rings (SSSR count). The van der Waals surface area contributed by atoms with Crippen molar-refractivity contribution < 1.29 is 14.3 Å². The normalized spacial score (nSPS) is 10.8. The number of rotatable bonds is 3. The molecule has 0 N–H and O–H groups in total. The minimum atomic E-state index is 0.216. The Bertz CT molecular complexity index is 722. The highest BCUT2D eigenvalue weighted by molar-refractivity contribution is 5.86. The molecule has 0 bridgehead atoms. The molecule has 5 nitrogen and oxygen atoms in total. The molecule has 0 atom stereocenters. The van der Waals surface area contributed by atoms with E-state index in [0.29, 0.717) is 17.2 Å². The van der Waals surface area contributed by atoms with Crippen LogP contribution in [0.25, 0.3) is 22.0 Å². The number of hydrogen-bond donors (Lipinski definition) is 0. The van der Waals surface area contributed by atoms with E-state index in [2.05, 4.69) is 9.79 Å². The van der Waals surface area contributed by atoms with Gasteiger partial charge in [-0.3, -0.25) is 4.63 Å². The SMILES string of the molecule is CCOc1no[n+]([O-])c1-c1ccc2ccccc2c1. The van der Waals surface area contributed by atoms with E-state index in [9.17, 15) is 5.21 Å². The molecule has 0 radical (unpaired) electrons. The van der Waals surface area contributed by atoms with E-state index >= 15 is 0 Å². The number of ether oxygens (including phenoxy) is 1. The lowest BCUT2D eigenvalue weighted by Gasteiger charge is -2.02. The Hall–Kier alpha value is -2.56. The molecular formula is C14H12N2O3. The number of benzene rings is 2. The van der Waals surface area contributed by atoms with Crippen molar-refractivity contribution in [2.24, 2.45) is 0 Å². The topological polar surface area (TPSA) is 62.2 Å². The van der Waals surface area contributed by atoms with E-state index < -0.39 is 0 Å². The second kappa shape index (κ2) is 4.61. The van der Waals surface area contributed by atoms with Crippen molar-refractivity contribution in [3.05, 3.63) is 47.7 Å². The molecule has 0 aliphatic rings. The summed E-state index contributed by atoms with van der Waals surface area (Å²) in [6.45, 7) is 2.25. The summed E-state index contributed by atoms with van der Waals surface area (Å²) in [6.07, 6.45) is 0. The van der Waals surface area contributed by atoms with Crippen LogP contribution in [0.2, 0.25) is 0 Å². The van der Waals surface area contributed by atoms with Gasteiger partial charge in [0.25, 0.3) is 5.69 Å². The highest BCUT2D eigenvalue weighted by Crippen LogP contribution is 2.27. The van der Waals surface area contributed by atoms with Gasteiger partial charge in [0.05, 0.1) is 11.8 Å². The van der Waals surface area contributed by atoms with Crippen LogP contribution in [0, 0.1) is 5.21 Å². The first-order valence-corrected chi connectivity index (χ1v) is 6.01. The van der Waals surface area contributed by atoms with Gasteiger partial charge >= 0.3 is 5.88 Å². The van der Waals surface area contributed by atoms with Crippen molar-refractivity contribution in [3.63, 3.8) is 0 Å². The van der Waals surface area contributed by atoms with Crippen LogP contribution >= 0.6 is 0 Å². The maximum absolute atomic E-state index is 11.7. The first-order chi connectivity index (χ1) is 9.29. The zero-order valence-electron chi connectivity index (χ0n) is 10.4. The molecule has 0 spiro atoms. The molecule has 1 heterocycles. The highest BCUT2D eigenvalue weighted by atomic mass is 16.8. The van der Waals surface area contributed by atoms with Crippen LogP contribution in [0.1, 0.15) is 6.92 Å². The standard InChI is InChI=1S/C14H12N2O3/c1-2-18-14-13(16(17)19-15-14)12-8-7-10-5-3-4-6-11(10)9-12/h3-9H,2H2,1H3. The van der Waals surface area contributed by atoms with Gasteiger partial charge in [0.1, 0.15) is 0 Å². The molecule has 3 aromatic rings. The summed E-state index contributed by atoms with van der Waals surface area (Å²) < 4.78 is 9.90. The van der Waals surface area contributed by atoms with E-state index in [1.165, 1.54) is 0 Å². The van der Waals surface area contributed by atoms with Crippen molar-refractivity contribution in [2.45, 2.75) is 6.92 Å². The highest BCUT2D eigenvalue weighted by Gasteiger charge is 2.22. The summed E-state index contributed by atoms with van der Waals surface area (Å²) in [5, 5.41) is 17.4. The Morgan fingerprint density at radius 2 is 2.00 bits per heavy atom. The lowest BCUT2D eigenvalue weighted by atomic mass is 10.1. The van der Waals surface area contributed by atoms with Crippen LogP contribution in [-0.2, 0) is 0 Å². The number of fused-ring (bicyclic) bond motifs is 1. The van der Waals surface area contributed by atoms with Gasteiger partial charge in [0.2, 0.25) is 0 Å². The molecule has 96 valence electrons. The largest absolute Gasteiger partial charge is 0.455 e. The van der Waals surface area contributed by atoms with Gasteiger partial charge in [0, 0.05) is 5.56 Å². The quantitative estimate of drug-likeness (QED) is 0.675. The summed E-state index contributed by atoms with van der Waals surface area (Å²) in [5.74, 6) is 0.216. The zero-order valence-corrected chi connectivity index (χ0v) is 10.4. The van der Waals surface area contributed by atoms with Crippen molar-refractivity contribution in [1.82, 2.24) is 5.16 Å². The first kappa shape index (κ1) is 11.5. The smallest absolute Gasteiger partial charge is 0.402 e. The fraction of sp³-hybridized carbons (Fsp3) is 0.143. The number of aromatic nitrogens is 2. The second-order valence-electron chi connectivity index (χ2n) is 4.08. The summed E-state index contributed by atoms with van der Waals surface area (Å²) in [6, 6.07) is 13.6. The molecule has 1 aromatic heterocycles. The number of hydrogen-bond acceptors (Lipinski definition) is 4. The third-order valence-corrected chi connectivity index (χ3v) is 2.89. The number of nitrogens with zero attached hydrogens (tertiary/aromatic N) is 2. The Balaban J connectivity index is 2.16. The summed E-state index contributed by atoms with van der Waals surface area (Å²) in [4.78, 5) is 0.370. The minimum absolute atomic E-state index is 0.216. The minimum Gasteiger partial charge on any atom is -0.455 e. The third-order valence-electron chi connectivity index (χ3n) is 2.89. The summed E-state index contributed by atoms with van der Waals surface area (Å²) in [5.41, 5.74) is 1.02. The summed E-state index contributed by atoms with van der Waals surface area (Å²) in [7, 11) is 0. The fourth-order valence-corrected chi connectivity index (χ4v) is 2.03. The van der Waals surface area contributed by atoms with E-state index in [-0.39, 0.29) is 5.88 Å². The molecule has 2 aromatic carbocycles. The predicted molar refractivity (Wildman–Crippen MR) is 69.6 cm³/mol. The summed E-state index contributed by atoms with van der Waals surface area (Å²) >= 11 is 0. The van der Waals surface area contributed by atoms with E-state index in [1.807, 2.05) is 49.4 Å². The molecule has 0 amide bonds. The van der Waals surface area contributed by atoms with E-state index in [1.54, 1.807) is 0 Å². The van der Waals surface area contributed by atoms with Gasteiger partial charge < -0.3 is 9.94 Å². The molecular weight excluding hydrogens is 244 g/mol. The molecule has 0 aliphatic carbocycles. The van der Waals surface area contributed by atoms with Crippen molar-refractivity contribution >= 4 is 10.8 Å². The Morgan fingerprint density at radius 3 is 2.79 bits per heavy atom. The van der Waals surface area contributed by atoms with Gasteiger partial charge in [0.15, 0.2) is 0 Å². The van der Waals surface area contributed by atoms with Gasteiger partial charge in [-0.25, -0.2) is 0 Å². The maximum atomic E-state index is 11.7. The Kier molecular flexibility index (Phi) is 2.79. The van der Waals surface area contributed by atoms with Gasteiger partial charge in [-0.05, 0) is 34.7 Å². The van der Waals surface area contributed by atoms with Crippen LogP contribution in [-0.4, -0.2) is 11.8 Å². The van der Waals surface area contributed by atoms with E-state index in [4.69, 9.17) is 4.74 Å². The Labute approximate surface area is 109 Å². The van der Waals surface area contributed by atoms with Gasteiger partial charge in [-0.2, -0.15) is 0 Å². The molecule has 0 saturated heterocycles. The molecule has 0 saturated carbocycles. The third kappa shape index (κ3) is 1.99. The first-order valence-electron chi connectivity index (χ1n) is 6.01. The monoisotopic (exact) mass is 256 g/mol. The molecule has 19 heavy (non-hydrogen) atoms. The zero-order chi connectivity index (χ0) is 13.2. The van der Waals surface area contributed by atoms with Gasteiger partial charge in [-0.1, -0.05) is 30.3 Å². The predicted octanol–water partition coefficient (Wildman–Crippen LogP) is 2.53. The molecule has 0 unspecified atom stereocenters. The average molecular weight is 256 g/mol. The lowest BCUT2D eigenvalue weighted by molar-refractivity contribution is -0.793. The fourth-order valence-electron chi connectivity index (χ4n) is 2.03. The van der Waals surface area contributed by atoms with E-state index in [0.717, 1.165) is 16.3 Å². The van der Waals surface area contributed by atoms with Crippen LogP contribution in [0.5, 0.6) is 5.88 Å².